The normalized spacial score (nSPS) is 17.1. The maximum Gasteiger partial charge on any atom is 0.261 e. The highest BCUT2D eigenvalue weighted by molar-refractivity contribution is 6.00. The van der Waals surface area contributed by atoms with E-state index in [1.165, 1.54) is 6.07 Å². The molecule has 0 aliphatic carbocycles. The number of pyridine rings is 1. The Bertz CT molecular complexity index is 1300. The van der Waals surface area contributed by atoms with Crippen LogP contribution in [0.5, 0.6) is 17.2 Å². The molecule has 2 amide bonds. The number of nitrogens with one attached hydrogen (secondary N) is 1. The van der Waals surface area contributed by atoms with Crippen LogP contribution in [0.1, 0.15) is 33.6 Å². The first-order chi connectivity index (χ1) is 17.4. The summed E-state index contributed by atoms with van der Waals surface area (Å²) >= 11 is 0. The van der Waals surface area contributed by atoms with Gasteiger partial charge in [0, 0.05) is 57.1 Å². The molecule has 0 unspecified atom stereocenters. The molecular formula is C27H28N4O5. The lowest BCUT2D eigenvalue weighted by atomic mass is 9.96. The molecule has 186 valence electrons. The Morgan fingerprint density at radius 3 is 2.81 bits per heavy atom. The third kappa shape index (κ3) is 4.77. The van der Waals surface area contributed by atoms with Crippen molar-refractivity contribution >= 4 is 17.5 Å². The fourth-order valence-electron chi connectivity index (χ4n) is 4.78. The van der Waals surface area contributed by atoms with Gasteiger partial charge in [0.1, 0.15) is 29.4 Å². The molecule has 2 aromatic carbocycles. The quantitative estimate of drug-likeness (QED) is 0.489. The summed E-state index contributed by atoms with van der Waals surface area (Å²) in [5.41, 5.74) is 3.69. The highest BCUT2D eigenvalue weighted by Crippen LogP contribution is 2.36. The molecule has 1 saturated heterocycles. The van der Waals surface area contributed by atoms with Crippen molar-refractivity contribution in [2.75, 3.05) is 25.5 Å². The van der Waals surface area contributed by atoms with E-state index in [1.54, 1.807) is 35.2 Å². The molecule has 0 saturated carbocycles. The van der Waals surface area contributed by atoms with E-state index in [4.69, 9.17) is 4.74 Å². The maximum absolute atomic E-state index is 13.6. The summed E-state index contributed by atoms with van der Waals surface area (Å²) in [6.45, 7) is 1.52. The molecule has 3 N–H and O–H groups in total. The zero-order valence-electron chi connectivity index (χ0n) is 20.0. The van der Waals surface area contributed by atoms with Crippen LogP contribution in [-0.2, 0) is 24.4 Å². The molecule has 1 fully saturated rings. The van der Waals surface area contributed by atoms with Gasteiger partial charge in [0.15, 0.2) is 0 Å². The van der Waals surface area contributed by atoms with Gasteiger partial charge in [0.25, 0.3) is 5.91 Å². The number of rotatable bonds is 6. The van der Waals surface area contributed by atoms with Crippen LogP contribution in [0, 0.1) is 0 Å². The molecule has 9 heteroatoms. The van der Waals surface area contributed by atoms with E-state index in [2.05, 4.69) is 10.3 Å². The average molecular weight is 489 g/mol. The number of nitrogens with zero attached hydrogens (tertiary/aromatic N) is 3. The van der Waals surface area contributed by atoms with Gasteiger partial charge in [-0.2, -0.15) is 0 Å². The summed E-state index contributed by atoms with van der Waals surface area (Å²) < 4.78 is 5.82. The van der Waals surface area contributed by atoms with E-state index >= 15 is 0 Å². The van der Waals surface area contributed by atoms with E-state index in [-0.39, 0.29) is 47.3 Å². The number of likely N-dealkylation sites (N-methyl/N-ethyl adjacent to an activating group) is 1. The number of carbonyl (C=O) groups is 2. The summed E-state index contributed by atoms with van der Waals surface area (Å²) in [4.78, 5) is 33.2. The lowest BCUT2D eigenvalue weighted by Crippen LogP contribution is -2.37. The number of anilines is 1. The van der Waals surface area contributed by atoms with E-state index in [1.807, 2.05) is 24.3 Å². The van der Waals surface area contributed by atoms with Gasteiger partial charge in [-0.1, -0.05) is 18.2 Å². The number of phenols is 2. The first kappa shape index (κ1) is 23.5. The van der Waals surface area contributed by atoms with Gasteiger partial charge >= 0.3 is 0 Å². The van der Waals surface area contributed by atoms with Crippen LogP contribution in [0.2, 0.25) is 0 Å². The first-order valence-electron chi connectivity index (χ1n) is 11.9. The lowest BCUT2D eigenvalue weighted by molar-refractivity contribution is -0.126. The fraction of sp³-hybridized carbons (Fsp3) is 0.296. The number of aromatic nitrogens is 1. The van der Waals surface area contributed by atoms with Crippen molar-refractivity contribution in [3.8, 4) is 17.2 Å². The standard InChI is InChI=1S/C27H28N4O5/c1-30-14-19(11-25(30)34)29-22-7-4-5-17-8-10-31(15-21(17)22)27(35)26-23(33)12-20(32)13-24(26)36-16-18-6-2-3-9-28-18/h2-7,9,12-13,19,29,32-33H,8,10-11,14-16H2,1H3/t19-/m0/s1. The van der Waals surface area contributed by atoms with Crippen LogP contribution >= 0.6 is 0 Å². The predicted octanol–water partition coefficient (Wildman–Crippen LogP) is 2.91. The summed E-state index contributed by atoms with van der Waals surface area (Å²) in [6, 6.07) is 13.9. The summed E-state index contributed by atoms with van der Waals surface area (Å²) in [6.07, 6.45) is 2.73. The third-order valence-corrected chi connectivity index (χ3v) is 6.64. The van der Waals surface area contributed by atoms with Gasteiger partial charge in [-0.15, -0.1) is 0 Å². The van der Waals surface area contributed by atoms with E-state index in [0.29, 0.717) is 38.2 Å². The molecule has 3 heterocycles. The van der Waals surface area contributed by atoms with Crippen LogP contribution in [0.3, 0.4) is 0 Å². The SMILES string of the molecule is CN1C[C@@H](Nc2cccc3c2CN(C(=O)c2c(O)cc(O)cc2OCc2ccccn2)CC3)CC1=O. The van der Waals surface area contributed by atoms with Crippen molar-refractivity contribution in [2.24, 2.45) is 0 Å². The zero-order chi connectivity index (χ0) is 25.2. The number of hydrogen-bond donors (Lipinski definition) is 3. The molecule has 1 atom stereocenters. The minimum absolute atomic E-state index is 0.000589. The Kier molecular flexibility index (Phi) is 6.37. The zero-order valence-corrected chi connectivity index (χ0v) is 20.0. The van der Waals surface area contributed by atoms with E-state index < -0.39 is 0 Å². The average Bonchev–Trinajstić information content (AvgIpc) is 3.19. The summed E-state index contributed by atoms with van der Waals surface area (Å²) in [7, 11) is 1.79. The van der Waals surface area contributed by atoms with Crippen molar-refractivity contribution in [1.82, 2.24) is 14.8 Å². The number of amides is 2. The van der Waals surface area contributed by atoms with Crippen molar-refractivity contribution in [1.29, 1.82) is 0 Å². The molecule has 1 aromatic heterocycles. The number of benzene rings is 2. The Morgan fingerprint density at radius 1 is 1.19 bits per heavy atom. The second-order valence-corrected chi connectivity index (χ2v) is 9.19. The summed E-state index contributed by atoms with van der Waals surface area (Å²) in [5.74, 6) is -0.741. The smallest absolute Gasteiger partial charge is 0.261 e. The fourth-order valence-corrected chi connectivity index (χ4v) is 4.78. The number of aromatic hydroxyl groups is 2. The Balaban J connectivity index is 1.38. The number of fused-ring (bicyclic) bond motifs is 1. The van der Waals surface area contributed by atoms with Crippen LogP contribution in [-0.4, -0.2) is 63.0 Å². The molecule has 0 spiro atoms. The van der Waals surface area contributed by atoms with E-state index in [0.717, 1.165) is 22.9 Å². The molecule has 36 heavy (non-hydrogen) atoms. The second-order valence-electron chi connectivity index (χ2n) is 9.19. The number of phenolic OH excluding ortho intramolecular Hbond substituents is 2. The highest BCUT2D eigenvalue weighted by Gasteiger charge is 2.31. The lowest BCUT2D eigenvalue weighted by Gasteiger charge is -2.31. The molecule has 2 aliphatic rings. The van der Waals surface area contributed by atoms with Gasteiger partial charge in [-0.3, -0.25) is 14.6 Å². The number of carbonyl (C=O) groups excluding carboxylic acids is 2. The van der Waals surface area contributed by atoms with Crippen molar-refractivity contribution in [3.63, 3.8) is 0 Å². The minimum atomic E-state index is -0.389. The van der Waals surface area contributed by atoms with E-state index in [9.17, 15) is 19.8 Å². The molecule has 0 bridgehead atoms. The van der Waals surface area contributed by atoms with Crippen molar-refractivity contribution in [2.45, 2.75) is 32.0 Å². The van der Waals surface area contributed by atoms with Gasteiger partial charge in [0.05, 0.1) is 11.7 Å². The van der Waals surface area contributed by atoms with Gasteiger partial charge in [-0.05, 0) is 35.7 Å². The number of ether oxygens (including phenoxy) is 1. The van der Waals surface area contributed by atoms with Gasteiger partial charge in [-0.25, -0.2) is 0 Å². The summed E-state index contributed by atoms with van der Waals surface area (Å²) in [5, 5.41) is 24.1. The highest BCUT2D eigenvalue weighted by atomic mass is 16.5. The molecule has 2 aliphatic heterocycles. The Labute approximate surface area is 208 Å². The van der Waals surface area contributed by atoms with Crippen LogP contribution in [0.15, 0.2) is 54.7 Å². The molecule has 3 aromatic rings. The van der Waals surface area contributed by atoms with Crippen LogP contribution < -0.4 is 10.1 Å². The Hall–Kier alpha value is -4.27. The molecule has 9 nitrogen and oxygen atoms in total. The van der Waals surface area contributed by atoms with Gasteiger partial charge in [0.2, 0.25) is 5.91 Å². The minimum Gasteiger partial charge on any atom is -0.508 e. The predicted molar refractivity (Wildman–Crippen MR) is 133 cm³/mol. The van der Waals surface area contributed by atoms with Crippen molar-refractivity contribution in [3.05, 3.63) is 77.1 Å². The monoisotopic (exact) mass is 488 g/mol. The topological polar surface area (TPSA) is 115 Å². The van der Waals surface area contributed by atoms with Crippen molar-refractivity contribution < 1.29 is 24.5 Å². The largest absolute Gasteiger partial charge is 0.508 e. The van der Waals surface area contributed by atoms with Crippen LogP contribution in [0.4, 0.5) is 5.69 Å². The third-order valence-electron chi connectivity index (χ3n) is 6.64. The second kappa shape index (κ2) is 9.77. The molecule has 5 rings (SSSR count). The Morgan fingerprint density at radius 2 is 2.06 bits per heavy atom. The van der Waals surface area contributed by atoms with Gasteiger partial charge < -0.3 is 30.1 Å². The first-order valence-corrected chi connectivity index (χ1v) is 11.9. The number of hydrogen-bond acceptors (Lipinski definition) is 7. The van der Waals surface area contributed by atoms with Crippen LogP contribution in [0.25, 0.3) is 0 Å². The maximum atomic E-state index is 13.6. The number of likely N-dealkylation sites (tertiary alicyclic amines) is 1. The molecule has 0 radical (unpaired) electrons. The molecular weight excluding hydrogens is 460 g/mol.